The summed E-state index contributed by atoms with van der Waals surface area (Å²) in [6, 6.07) is 6.30. The molecule has 0 fully saturated rings. The number of Topliss-reactive ketones (excluding diaryl/α,β-unsaturated/α-hetero) is 2. The Morgan fingerprint density at radius 3 is 2.05 bits per heavy atom. The summed E-state index contributed by atoms with van der Waals surface area (Å²) in [5, 5.41) is 26.1. The number of benzene rings is 1. The molecular formula is C29H45N5O8. The summed E-state index contributed by atoms with van der Waals surface area (Å²) >= 11 is 0. The number of ketones is 2. The highest BCUT2D eigenvalue weighted by atomic mass is 16.3. The summed E-state index contributed by atoms with van der Waals surface area (Å²) in [5.74, 6) is -3.26. The van der Waals surface area contributed by atoms with Crippen molar-refractivity contribution >= 4 is 35.2 Å². The van der Waals surface area contributed by atoms with Gasteiger partial charge < -0.3 is 37.6 Å². The lowest BCUT2D eigenvalue weighted by Crippen LogP contribution is -2.50. The summed E-state index contributed by atoms with van der Waals surface area (Å²) in [5.41, 5.74) is 11.9. The molecule has 1 rings (SSSR count). The minimum Gasteiger partial charge on any atom is -0.394 e. The monoisotopic (exact) mass is 591 g/mol. The van der Waals surface area contributed by atoms with Crippen molar-refractivity contribution in [2.75, 3.05) is 19.8 Å². The maximum Gasteiger partial charge on any atom is 0.239 e. The molecule has 0 bridgehead atoms. The van der Waals surface area contributed by atoms with E-state index in [1.165, 1.54) is 6.92 Å². The molecular weight excluding hydrogens is 546 g/mol. The summed E-state index contributed by atoms with van der Waals surface area (Å²) in [7, 11) is 0. The van der Waals surface area contributed by atoms with Crippen molar-refractivity contribution in [1.82, 2.24) is 16.0 Å². The molecule has 0 aliphatic carbocycles. The van der Waals surface area contributed by atoms with Crippen LogP contribution in [-0.2, 0) is 35.2 Å². The molecule has 1 aromatic rings. The van der Waals surface area contributed by atoms with Crippen LogP contribution < -0.4 is 27.4 Å². The first-order chi connectivity index (χ1) is 20.0. The molecule has 0 aliphatic heterocycles. The quantitative estimate of drug-likeness (QED) is 0.0819. The van der Waals surface area contributed by atoms with E-state index >= 15 is 0 Å². The van der Waals surface area contributed by atoms with Gasteiger partial charge in [-0.25, -0.2) is 0 Å². The number of aliphatic hydroxyl groups is 2. The molecule has 13 heteroatoms. The number of carbonyl (C=O) groups excluding carboxylic acids is 6. The fraction of sp³-hybridized carbons (Fsp3) is 0.586. The number of carbonyl (C=O) groups is 6. The van der Waals surface area contributed by atoms with Crippen LogP contribution in [0.1, 0.15) is 63.9 Å². The van der Waals surface area contributed by atoms with Gasteiger partial charge in [0, 0.05) is 38.6 Å². The van der Waals surface area contributed by atoms with E-state index in [-0.39, 0.29) is 43.8 Å². The number of hydrogen-bond donors (Lipinski definition) is 7. The van der Waals surface area contributed by atoms with Crippen LogP contribution in [0.15, 0.2) is 30.3 Å². The number of hydrogen-bond acceptors (Lipinski definition) is 9. The van der Waals surface area contributed by atoms with E-state index in [0.717, 1.165) is 5.56 Å². The third-order valence-electron chi connectivity index (χ3n) is 6.75. The lowest BCUT2D eigenvalue weighted by molar-refractivity contribution is -0.129. The van der Waals surface area contributed by atoms with Gasteiger partial charge in [0.05, 0.1) is 19.3 Å². The third kappa shape index (κ3) is 14.8. The molecule has 13 nitrogen and oxygen atoms in total. The molecule has 0 saturated carbocycles. The second-order valence-electron chi connectivity index (χ2n) is 10.2. The van der Waals surface area contributed by atoms with Crippen molar-refractivity contribution in [3.63, 3.8) is 0 Å². The van der Waals surface area contributed by atoms with Gasteiger partial charge in [-0.15, -0.1) is 0 Å². The van der Waals surface area contributed by atoms with Crippen molar-refractivity contribution in [3.05, 3.63) is 35.9 Å². The van der Waals surface area contributed by atoms with Gasteiger partial charge in [-0.05, 0) is 37.7 Å². The molecule has 0 aromatic heterocycles. The van der Waals surface area contributed by atoms with Crippen molar-refractivity contribution in [3.8, 4) is 0 Å². The van der Waals surface area contributed by atoms with Gasteiger partial charge in [-0.1, -0.05) is 36.8 Å². The molecule has 4 amide bonds. The number of rotatable bonds is 22. The second-order valence-corrected chi connectivity index (χ2v) is 10.2. The molecule has 0 radical (unpaired) electrons. The van der Waals surface area contributed by atoms with Crippen LogP contribution in [0, 0.1) is 5.92 Å². The van der Waals surface area contributed by atoms with E-state index in [9.17, 15) is 33.9 Å². The first-order valence-electron chi connectivity index (χ1n) is 14.2. The zero-order chi connectivity index (χ0) is 31.5. The molecule has 42 heavy (non-hydrogen) atoms. The molecule has 0 saturated heterocycles. The van der Waals surface area contributed by atoms with Gasteiger partial charge >= 0.3 is 0 Å². The van der Waals surface area contributed by atoms with E-state index in [4.69, 9.17) is 16.6 Å². The van der Waals surface area contributed by atoms with E-state index in [2.05, 4.69) is 16.0 Å². The fourth-order valence-corrected chi connectivity index (χ4v) is 4.25. The summed E-state index contributed by atoms with van der Waals surface area (Å²) < 4.78 is 0. The minimum atomic E-state index is -1.12. The van der Waals surface area contributed by atoms with E-state index in [1.807, 2.05) is 30.3 Å². The first-order valence-corrected chi connectivity index (χ1v) is 14.2. The smallest absolute Gasteiger partial charge is 0.239 e. The molecule has 0 spiro atoms. The number of amides is 4. The van der Waals surface area contributed by atoms with Crippen molar-refractivity contribution in [2.45, 2.75) is 82.8 Å². The van der Waals surface area contributed by atoms with Gasteiger partial charge in [-0.3, -0.25) is 28.8 Å². The van der Waals surface area contributed by atoms with E-state index in [0.29, 0.717) is 32.2 Å². The van der Waals surface area contributed by atoms with Crippen LogP contribution in [0.2, 0.25) is 0 Å². The fourth-order valence-electron chi connectivity index (χ4n) is 4.25. The minimum absolute atomic E-state index is 0.0340. The Labute approximate surface area is 246 Å². The molecule has 0 heterocycles. The molecule has 234 valence electrons. The molecule has 4 atom stereocenters. The Bertz CT molecular complexity index is 1040. The van der Waals surface area contributed by atoms with Gasteiger partial charge in [-0.2, -0.15) is 0 Å². The molecule has 0 aliphatic rings. The summed E-state index contributed by atoms with van der Waals surface area (Å²) in [4.78, 5) is 72.4. The third-order valence-corrected chi connectivity index (χ3v) is 6.75. The molecule has 9 N–H and O–H groups in total. The van der Waals surface area contributed by atoms with Crippen LogP contribution in [0.25, 0.3) is 0 Å². The number of aliphatic hydroxyl groups excluding tert-OH is 2. The second kappa shape index (κ2) is 20.2. The predicted octanol–water partition coefficient (Wildman–Crippen LogP) is -0.993. The Kier molecular flexibility index (Phi) is 17.5. The normalized spacial score (nSPS) is 13.7. The zero-order valence-electron chi connectivity index (χ0n) is 24.2. The maximum atomic E-state index is 12.9. The van der Waals surface area contributed by atoms with Crippen LogP contribution in [0.5, 0.6) is 0 Å². The lowest BCUT2D eigenvalue weighted by atomic mass is 9.94. The number of primary amides is 1. The van der Waals surface area contributed by atoms with Crippen molar-refractivity contribution < 1.29 is 39.0 Å². The van der Waals surface area contributed by atoms with Gasteiger partial charge in [0.25, 0.3) is 0 Å². The predicted molar refractivity (Wildman–Crippen MR) is 154 cm³/mol. The van der Waals surface area contributed by atoms with Gasteiger partial charge in [0.15, 0.2) is 11.6 Å². The van der Waals surface area contributed by atoms with Crippen LogP contribution in [0.4, 0.5) is 0 Å². The van der Waals surface area contributed by atoms with Gasteiger partial charge in [0.1, 0.15) is 12.1 Å². The van der Waals surface area contributed by atoms with Crippen molar-refractivity contribution in [1.29, 1.82) is 0 Å². The van der Waals surface area contributed by atoms with Gasteiger partial charge in [0.2, 0.25) is 23.6 Å². The lowest BCUT2D eigenvalue weighted by Gasteiger charge is -2.20. The maximum absolute atomic E-state index is 12.9. The standard InChI is InChI=1S/C29H45N5O8/c1-19(37)33-24(18-36)26(39)13-11-21(28(31)41)12-14-27(40)32-15-7-3-6-10-25(38)23(34-29(42)22(30)17-35)16-20-8-4-2-5-9-20/h2,4-5,8-9,21-24,35-36H,3,6-7,10-18,30H2,1H3,(H2,31,41)(H,32,40)(H,33,37)(H,34,42). The van der Waals surface area contributed by atoms with Crippen LogP contribution in [-0.4, -0.2) is 83.3 Å². The zero-order valence-corrected chi connectivity index (χ0v) is 24.2. The average molecular weight is 592 g/mol. The Balaban J connectivity index is 2.40. The largest absolute Gasteiger partial charge is 0.394 e. The van der Waals surface area contributed by atoms with E-state index < -0.39 is 60.8 Å². The van der Waals surface area contributed by atoms with Crippen molar-refractivity contribution in [2.24, 2.45) is 17.4 Å². The average Bonchev–Trinajstić information content (AvgIpc) is 2.96. The summed E-state index contributed by atoms with van der Waals surface area (Å²) in [6.45, 7) is 0.512. The number of unbranched alkanes of at least 4 members (excludes halogenated alkanes) is 2. The molecule has 4 unspecified atom stereocenters. The topological polar surface area (TPSA) is 231 Å². The number of nitrogens with one attached hydrogen (secondary N) is 3. The SMILES string of the molecule is CC(=O)NC(CO)C(=O)CCC(CCC(=O)NCCCCCC(=O)C(Cc1ccccc1)NC(=O)C(N)CO)C(N)=O. The Morgan fingerprint density at radius 1 is 0.810 bits per heavy atom. The highest BCUT2D eigenvalue weighted by Crippen LogP contribution is 2.15. The Hall–Kier alpha value is -3.68. The summed E-state index contributed by atoms with van der Waals surface area (Å²) in [6.07, 6.45) is 2.55. The Morgan fingerprint density at radius 2 is 1.45 bits per heavy atom. The highest BCUT2D eigenvalue weighted by molar-refractivity contribution is 5.91. The van der Waals surface area contributed by atoms with Crippen LogP contribution >= 0.6 is 0 Å². The van der Waals surface area contributed by atoms with E-state index in [1.54, 1.807) is 0 Å². The molecule has 1 aromatic carbocycles. The number of nitrogens with two attached hydrogens (primary N) is 2. The first kappa shape index (κ1) is 36.3. The highest BCUT2D eigenvalue weighted by Gasteiger charge is 2.24. The van der Waals surface area contributed by atoms with Crippen LogP contribution in [0.3, 0.4) is 0 Å².